The number of nitrogens with zero attached hydrogens (tertiary/aromatic N) is 1. The molecule has 1 heterocycles. The second-order valence-corrected chi connectivity index (χ2v) is 6.19. The van der Waals surface area contributed by atoms with Crippen LogP contribution in [-0.4, -0.2) is 16.1 Å². The Kier molecular flexibility index (Phi) is 4.55. The molecule has 3 nitrogen and oxygen atoms in total. The molecule has 1 N–H and O–H groups in total. The van der Waals surface area contributed by atoms with Gasteiger partial charge in [-0.3, -0.25) is 0 Å². The van der Waals surface area contributed by atoms with Crippen LogP contribution in [0, 0.1) is 13.8 Å². The number of rotatable bonds is 5. The first-order valence-electron chi connectivity index (χ1n) is 6.78. The first kappa shape index (κ1) is 14.7. The van der Waals surface area contributed by atoms with Crippen LogP contribution in [0.4, 0.5) is 0 Å². The molecule has 2 rings (SSSR count). The number of carbonyl (C=O) groups is 1. The van der Waals surface area contributed by atoms with Crippen LogP contribution in [0.5, 0.6) is 0 Å². The average molecular weight is 289 g/mol. The third-order valence-corrected chi connectivity index (χ3v) is 4.15. The van der Waals surface area contributed by atoms with E-state index in [9.17, 15) is 9.90 Å². The summed E-state index contributed by atoms with van der Waals surface area (Å²) in [4.78, 5) is 16.1. The summed E-state index contributed by atoms with van der Waals surface area (Å²) in [5.41, 5.74) is 4.37. The minimum Gasteiger partial charge on any atom is -0.477 e. The first-order valence-corrected chi connectivity index (χ1v) is 7.60. The summed E-state index contributed by atoms with van der Waals surface area (Å²) in [6, 6.07) is 6.40. The van der Waals surface area contributed by atoms with Gasteiger partial charge in [-0.2, -0.15) is 0 Å². The van der Waals surface area contributed by atoms with Gasteiger partial charge in [-0.25, -0.2) is 9.78 Å². The summed E-state index contributed by atoms with van der Waals surface area (Å²) in [7, 11) is 0. The molecule has 4 heteroatoms. The van der Waals surface area contributed by atoms with Gasteiger partial charge in [0.05, 0.1) is 10.7 Å². The number of aryl methyl sites for hydroxylation is 3. The molecule has 0 aliphatic heterocycles. The largest absolute Gasteiger partial charge is 0.477 e. The van der Waals surface area contributed by atoms with Crippen molar-refractivity contribution in [2.24, 2.45) is 0 Å². The Hall–Kier alpha value is -1.68. The van der Waals surface area contributed by atoms with Crippen LogP contribution in [-0.2, 0) is 12.8 Å². The zero-order valence-electron chi connectivity index (χ0n) is 12.1. The lowest BCUT2D eigenvalue weighted by Gasteiger charge is -2.02. The van der Waals surface area contributed by atoms with Gasteiger partial charge in [0.25, 0.3) is 0 Å². The predicted octanol–water partition coefficient (Wildman–Crippen LogP) is 4.00. The fourth-order valence-corrected chi connectivity index (χ4v) is 3.38. The Labute approximate surface area is 123 Å². The summed E-state index contributed by atoms with van der Waals surface area (Å²) in [5.74, 6) is -0.863. The standard InChI is InChI=1S/C16H19NO2S/c1-4-5-13-15(16(18)19)20-14(17-13)9-12-7-10(2)6-11(3)8-12/h6-8H,4-5,9H2,1-3H3,(H,18,19). The van der Waals surface area contributed by atoms with E-state index in [-0.39, 0.29) is 0 Å². The molecule has 0 fully saturated rings. The van der Waals surface area contributed by atoms with Crippen molar-refractivity contribution in [3.05, 3.63) is 50.5 Å². The van der Waals surface area contributed by atoms with Crippen LogP contribution in [0.1, 0.15) is 50.4 Å². The smallest absolute Gasteiger partial charge is 0.347 e. The number of aromatic nitrogens is 1. The number of carboxylic acids is 1. The highest BCUT2D eigenvalue weighted by molar-refractivity contribution is 7.13. The van der Waals surface area contributed by atoms with E-state index in [2.05, 4.69) is 37.0 Å². The Balaban J connectivity index is 2.29. The van der Waals surface area contributed by atoms with Gasteiger partial charge in [0, 0.05) is 6.42 Å². The first-order chi connectivity index (χ1) is 9.49. The normalized spacial score (nSPS) is 10.8. The highest BCUT2D eigenvalue weighted by atomic mass is 32.1. The molecule has 0 unspecified atom stereocenters. The van der Waals surface area contributed by atoms with Crippen LogP contribution in [0.3, 0.4) is 0 Å². The second-order valence-electron chi connectivity index (χ2n) is 5.11. The third-order valence-electron chi connectivity index (χ3n) is 3.06. The van der Waals surface area contributed by atoms with Crippen LogP contribution in [0.15, 0.2) is 18.2 Å². The molecule has 0 bridgehead atoms. The van der Waals surface area contributed by atoms with Crippen molar-refractivity contribution in [1.82, 2.24) is 4.98 Å². The van der Waals surface area contributed by atoms with E-state index in [1.54, 1.807) is 0 Å². The number of benzene rings is 1. The molecule has 0 saturated carbocycles. The van der Waals surface area contributed by atoms with Gasteiger partial charge in [-0.15, -0.1) is 11.3 Å². The van der Waals surface area contributed by atoms with Crippen molar-refractivity contribution in [1.29, 1.82) is 0 Å². The van der Waals surface area contributed by atoms with E-state index in [1.807, 2.05) is 6.92 Å². The molecule has 106 valence electrons. The van der Waals surface area contributed by atoms with Crippen LogP contribution >= 0.6 is 11.3 Å². The SMILES string of the molecule is CCCc1nc(Cc2cc(C)cc(C)c2)sc1C(=O)O. The number of thiazole rings is 1. The number of aromatic carboxylic acids is 1. The highest BCUT2D eigenvalue weighted by Crippen LogP contribution is 2.23. The molecule has 0 radical (unpaired) electrons. The Morgan fingerprint density at radius 3 is 2.45 bits per heavy atom. The third kappa shape index (κ3) is 3.45. The molecular weight excluding hydrogens is 270 g/mol. The van der Waals surface area contributed by atoms with E-state index in [1.165, 1.54) is 28.0 Å². The van der Waals surface area contributed by atoms with Crippen molar-refractivity contribution in [3.63, 3.8) is 0 Å². The molecule has 0 atom stereocenters. The van der Waals surface area contributed by atoms with E-state index < -0.39 is 5.97 Å². The minimum absolute atomic E-state index is 0.395. The van der Waals surface area contributed by atoms with Gasteiger partial charge in [-0.05, 0) is 25.8 Å². The quantitative estimate of drug-likeness (QED) is 0.905. The zero-order chi connectivity index (χ0) is 14.7. The maximum atomic E-state index is 11.2. The van der Waals surface area contributed by atoms with Crippen LogP contribution in [0.25, 0.3) is 0 Å². The van der Waals surface area contributed by atoms with Crippen molar-refractivity contribution in [2.75, 3.05) is 0 Å². The molecule has 1 aromatic carbocycles. The van der Waals surface area contributed by atoms with Gasteiger partial charge in [0.1, 0.15) is 4.88 Å². The molecule has 2 aromatic rings. The van der Waals surface area contributed by atoms with Crippen molar-refractivity contribution < 1.29 is 9.90 Å². The monoisotopic (exact) mass is 289 g/mol. The van der Waals surface area contributed by atoms with Crippen molar-refractivity contribution in [2.45, 2.75) is 40.0 Å². The fraction of sp³-hybridized carbons (Fsp3) is 0.375. The highest BCUT2D eigenvalue weighted by Gasteiger charge is 2.16. The Bertz CT molecular complexity index is 611. The topological polar surface area (TPSA) is 50.2 Å². The lowest BCUT2D eigenvalue weighted by Crippen LogP contribution is -1.98. The summed E-state index contributed by atoms with van der Waals surface area (Å²) in [6.07, 6.45) is 2.34. The lowest BCUT2D eigenvalue weighted by atomic mass is 10.1. The second kappa shape index (κ2) is 6.18. The maximum absolute atomic E-state index is 11.2. The molecule has 0 amide bonds. The van der Waals surface area contributed by atoms with E-state index >= 15 is 0 Å². The fourth-order valence-electron chi connectivity index (χ4n) is 2.40. The summed E-state index contributed by atoms with van der Waals surface area (Å²) in [6.45, 7) is 6.18. The van der Waals surface area contributed by atoms with E-state index in [0.29, 0.717) is 11.3 Å². The number of hydrogen-bond donors (Lipinski definition) is 1. The average Bonchev–Trinajstić information content (AvgIpc) is 2.71. The van der Waals surface area contributed by atoms with Gasteiger partial charge in [0.2, 0.25) is 0 Å². The number of carboxylic acid groups (broad SMARTS) is 1. The van der Waals surface area contributed by atoms with Crippen molar-refractivity contribution in [3.8, 4) is 0 Å². The molecule has 0 aliphatic carbocycles. The molecule has 0 aliphatic rings. The summed E-state index contributed by atoms with van der Waals surface area (Å²) in [5, 5.41) is 10.1. The Morgan fingerprint density at radius 2 is 1.90 bits per heavy atom. The summed E-state index contributed by atoms with van der Waals surface area (Å²) < 4.78 is 0. The maximum Gasteiger partial charge on any atom is 0.347 e. The minimum atomic E-state index is -0.863. The van der Waals surface area contributed by atoms with Crippen molar-refractivity contribution >= 4 is 17.3 Å². The Morgan fingerprint density at radius 1 is 1.25 bits per heavy atom. The predicted molar refractivity (Wildman–Crippen MR) is 81.8 cm³/mol. The van der Waals surface area contributed by atoms with Gasteiger partial charge >= 0.3 is 5.97 Å². The van der Waals surface area contributed by atoms with Gasteiger partial charge in [-0.1, -0.05) is 42.7 Å². The van der Waals surface area contributed by atoms with Gasteiger partial charge in [0.15, 0.2) is 0 Å². The molecule has 0 spiro atoms. The molecule has 1 aromatic heterocycles. The number of hydrogen-bond acceptors (Lipinski definition) is 3. The molecule has 20 heavy (non-hydrogen) atoms. The van der Waals surface area contributed by atoms with Crippen LogP contribution in [0.2, 0.25) is 0 Å². The molecular formula is C16H19NO2S. The molecule has 0 saturated heterocycles. The van der Waals surface area contributed by atoms with E-state index in [4.69, 9.17) is 0 Å². The zero-order valence-corrected chi connectivity index (χ0v) is 12.9. The van der Waals surface area contributed by atoms with Crippen LogP contribution < -0.4 is 0 Å². The summed E-state index contributed by atoms with van der Waals surface area (Å²) >= 11 is 1.30. The lowest BCUT2D eigenvalue weighted by molar-refractivity contribution is 0.0700. The van der Waals surface area contributed by atoms with Gasteiger partial charge < -0.3 is 5.11 Å². The van der Waals surface area contributed by atoms with E-state index in [0.717, 1.165) is 23.5 Å².